The summed E-state index contributed by atoms with van der Waals surface area (Å²) in [7, 11) is -0.809. The molecular formula is C8H14N4OS. The van der Waals surface area contributed by atoms with Crippen LogP contribution in [0.4, 0.5) is 11.6 Å². The van der Waals surface area contributed by atoms with E-state index in [4.69, 9.17) is 5.73 Å². The zero-order valence-electron chi connectivity index (χ0n) is 8.23. The van der Waals surface area contributed by atoms with Crippen molar-refractivity contribution in [2.75, 3.05) is 23.1 Å². The average Bonchev–Trinajstić information content (AvgIpc) is 2.07. The molecule has 14 heavy (non-hydrogen) atoms. The fraction of sp³-hybridized carbons (Fsp3) is 0.500. The van der Waals surface area contributed by atoms with Crippen molar-refractivity contribution >= 4 is 22.4 Å². The molecule has 0 aliphatic carbocycles. The second kappa shape index (κ2) is 4.90. The lowest BCUT2D eigenvalue weighted by Gasteiger charge is -2.11. The van der Waals surface area contributed by atoms with Gasteiger partial charge in [-0.15, -0.1) is 10.2 Å². The van der Waals surface area contributed by atoms with Gasteiger partial charge in [-0.05, 0) is 19.1 Å². The van der Waals surface area contributed by atoms with Crippen molar-refractivity contribution in [3.63, 3.8) is 0 Å². The normalized spacial score (nSPS) is 14.7. The molecule has 0 aromatic carbocycles. The molecule has 1 heterocycles. The van der Waals surface area contributed by atoms with E-state index < -0.39 is 10.8 Å². The molecule has 0 bridgehead atoms. The highest BCUT2D eigenvalue weighted by atomic mass is 32.2. The first-order valence-corrected chi connectivity index (χ1v) is 5.96. The van der Waals surface area contributed by atoms with E-state index in [0.717, 1.165) is 0 Å². The van der Waals surface area contributed by atoms with Crippen LogP contribution >= 0.6 is 0 Å². The summed E-state index contributed by atoms with van der Waals surface area (Å²) < 4.78 is 10.9. The molecule has 0 saturated heterocycles. The quantitative estimate of drug-likeness (QED) is 0.750. The van der Waals surface area contributed by atoms with E-state index in [1.54, 1.807) is 18.4 Å². The molecule has 1 rings (SSSR count). The van der Waals surface area contributed by atoms with E-state index >= 15 is 0 Å². The SMILES string of the molecule is CC(CS(C)=O)Nc1ccc(N)nn1. The van der Waals surface area contributed by atoms with E-state index in [1.807, 2.05) is 6.92 Å². The number of aromatic nitrogens is 2. The minimum atomic E-state index is -0.809. The lowest BCUT2D eigenvalue weighted by atomic mass is 10.4. The van der Waals surface area contributed by atoms with Crippen LogP contribution in [0, 0.1) is 0 Å². The maximum absolute atomic E-state index is 10.9. The molecule has 6 heteroatoms. The third-order valence-electron chi connectivity index (χ3n) is 1.56. The Labute approximate surface area is 85.6 Å². The van der Waals surface area contributed by atoms with Crippen molar-refractivity contribution in [3.05, 3.63) is 12.1 Å². The lowest BCUT2D eigenvalue weighted by Crippen LogP contribution is -2.23. The van der Waals surface area contributed by atoms with E-state index in [1.165, 1.54) is 0 Å². The van der Waals surface area contributed by atoms with Crippen molar-refractivity contribution in [2.45, 2.75) is 13.0 Å². The van der Waals surface area contributed by atoms with Gasteiger partial charge in [-0.25, -0.2) is 0 Å². The molecule has 0 amide bonds. The zero-order valence-corrected chi connectivity index (χ0v) is 9.04. The van der Waals surface area contributed by atoms with Crippen molar-refractivity contribution < 1.29 is 4.21 Å². The van der Waals surface area contributed by atoms with Crippen LogP contribution in [0.15, 0.2) is 12.1 Å². The Morgan fingerprint density at radius 1 is 1.57 bits per heavy atom. The van der Waals surface area contributed by atoms with Gasteiger partial charge in [0.15, 0.2) is 0 Å². The molecule has 0 spiro atoms. The van der Waals surface area contributed by atoms with Crippen molar-refractivity contribution in [3.8, 4) is 0 Å². The van der Waals surface area contributed by atoms with Crippen LogP contribution in [0.2, 0.25) is 0 Å². The van der Waals surface area contributed by atoms with E-state index in [9.17, 15) is 4.21 Å². The number of nitrogen functional groups attached to an aromatic ring is 1. The number of rotatable bonds is 4. The van der Waals surface area contributed by atoms with Crippen LogP contribution in [-0.2, 0) is 10.8 Å². The van der Waals surface area contributed by atoms with Crippen molar-refractivity contribution in [1.82, 2.24) is 10.2 Å². The van der Waals surface area contributed by atoms with E-state index in [-0.39, 0.29) is 6.04 Å². The molecule has 0 saturated carbocycles. The minimum absolute atomic E-state index is 0.110. The van der Waals surface area contributed by atoms with Gasteiger partial charge in [0.1, 0.15) is 11.6 Å². The summed E-state index contributed by atoms with van der Waals surface area (Å²) in [6.07, 6.45) is 1.67. The molecule has 0 aliphatic heterocycles. The predicted octanol–water partition coefficient (Wildman–Crippen LogP) is 0.238. The second-order valence-electron chi connectivity index (χ2n) is 3.13. The number of nitrogens with zero attached hydrogens (tertiary/aromatic N) is 2. The molecule has 0 aliphatic rings. The van der Waals surface area contributed by atoms with Gasteiger partial charge in [0.25, 0.3) is 0 Å². The summed E-state index contributed by atoms with van der Waals surface area (Å²) in [5.41, 5.74) is 5.39. The lowest BCUT2D eigenvalue weighted by molar-refractivity contribution is 0.682. The van der Waals surface area contributed by atoms with Crippen LogP contribution < -0.4 is 11.1 Å². The number of nitrogens with one attached hydrogen (secondary N) is 1. The maximum Gasteiger partial charge on any atom is 0.149 e. The van der Waals surface area contributed by atoms with Gasteiger partial charge < -0.3 is 11.1 Å². The van der Waals surface area contributed by atoms with Gasteiger partial charge in [-0.1, -0.05) is 0 Å². The summed E-state index contributed by atoms with van der Waals surface area (Å²) >= 11 is 0. The van der Waals surface area contributed by atoms with Crippen molar-refractivity contribution in [1.29, 1.82) is 0 Å². The minimum Gasteiger partial charge on any atom is -0.382 e. The molecule has 78 valence electrons. The maximum atomic E-state index is 10.9. The smallest absolute Gasteiger partial charge is 0.149 e. The highest BCUT2D eigenvalue weighted by molar-refractivity contribution is 7.84. The third-order valence-corrected chi connectivity index (χ3v) is 2.53. The molecule has 2 atom stereocenters. The van der Waals surface area contributed by atoms with Gasteiger partial charge >= 0.3 is 0 Å². The Morgan fingerprint density at radius 2 is 2.29 bits per heavy atom. The summed E-state index contributed by atoms with van der Waals surface area (Å²) in [4.78, 5) is 0. The van der Waals surface area contributed by atoms with Gasteiger partial charge in [-0.2, -0.15) is 0 Å². The van der Waals surface area contributed by atoms with Crippen molar-refractivity contribution in [2.24, 2.45) is 0 Å². The Kier molecular flexibility index (Phi) is 3.82. The zero-order chi connectivity index (χ0) is 10.6. The van der Waals surface area contributed by atoms with Crippen LogP contribution in [0.3, 0.4) is 0 Å². The van der Waals surface area contributed by atoms with Crippen LogP contribution in [0.1, 0.15) is 6.92 Å². The topological polar surface area (TPSA) is 80.9 Å². The molecule has 1 aromatic rings. The first-order valence-electron chi connectivity index (χ1n) is 4.23. The molecule has 0 radical (unpaired) electrons. The largest absolute Gasteiger partial charge is 0.382 e. The number of anilines is 2. The number of nitrogens with two attached hydrogens (primary N) is 1. The van der Waals surface area contributed by atoms with Gasteiger partial charge in [0, 0.05) is 28.9 Å². The predicted molar refractivity (Wildman–Crippen MR) is 58.5 cm³/mol. The summed E-state index contributed by atoms with van der Waals surface area (Å²) in [5, 5.41) is 10.6. The molecule has 1 aromatic heterocycles. The second-order valence-corrected chi connectivity index (χ2v) is 4.61. The summed E-state index contributed by atoms with van der Waals surface area (Å²) in [6.45, 7) is 1.94. The molecular weight excluding hydrogens is 200 g/mol. The van der Waals surface area contributed by atoms with E-state index in [2.05, 4.69) is 15.5 Å². The summed E-state index contributed by atoms with van der Waals surface area (Å²) in [6, 6.07) is 3.53. The Morgan fingerprint density at radius 3 is 2.79 bits per heavy atom. The fourth-order valence-electron chi connectivity index (χ4n) is 1.07. The van der Waals surface area contributed by atoms with Gasteiger partial charge in [0.05, 0.1) is 0 Å². The first kappa shape index (κ1) is 10.9. The molecule has 2 unspecified atom stereocenters. The number of hydrogen-bond donors (Lipinski definition) is 2. The highest BCUT2D eigenvalue weighted by Crippen LogP contribution is 2.04. The van der Waals surface area contributed by atoms with Crippen LogP contribution in [0.5, 0.6) is 0 Å². The Balaban J connectivity index is 2.51. The molecule has 3 N–H and O–H groups in total. The summed E-state index contributed by atoms with van der Waals surface area (Å²) in [5.74, 6) is 1.63. The third kappa shape index (κ3) is 3.69. The monoisotopic (exact) mass is 214 g/mol. The Bertz CT molecular complexity index is 314. The highest BCUT2D eigenvalue weighted by Gasteiger charge is 2.04. The van der Waals surface area contributed by atoms with Gasteiger partial charge in [-0.3, -0.25) is 4.21 Å². The van der Waals surface area contributed by atoms with Crippen LogP contribution in [-0.4, -0.2) is 32.5 Å². The number of hydrogen-bond acceptors (Lipinski definition) is 5. The van der Waals surface area contributed by atoms with Gasteiger partial charge in [0.2, 0.25) is 0 Å². The average molecular weight is 214 g/mol. The molecule has 0 fully saturated rings. The standard InChI is InChI=1S/C8H14N4OS/c1-6(5-14(2)13)10-8-4-3-7(9)11-12-8/h3-4,6H,5H2,1-2H3,(H2,9,11)(H,10,12). The van der Waals surface area contributed by atoms with E-state index in [0.29, 0.717) is 17.4 Å². The van der Waals surface area contributed by atoms with Crippen LogP contribution in [0.25, 0.3) is 0 Å². The fourth-order valence-corrected chi connectivity index (χ4v) is 1.85. The first-order chi connectivity index (χ1) is 6.58. The molecule has 5 nitrogen and oxygen atoms in total. The Hall–Kier alpha value is -1.17.